The van der Waals surface area contributed by atoms with Gasteiger partial charge in [-0.25, -0.2) is 4.98 Å². The lowest BCUT2D eigenvalue weighted by molar-refractivity contribution is 0.895. The summed E-state index contributed by atoms with van der Waals surface area (Å²) in [4.78, 5) is 10.8. The minimum absolute atomic E-state index is 0.553. The van der Waals surface area contributed by atoms with Gasteiger partial charge >= 0.3 is 0 Å². The SMILES string of the molecule is NCCc1nc(-c2c[nH]c3ccccc23)c(Cl)[nH]1. The fraction of sp³-hybridized carbons (Fsp3) is 0.154. The molecule has 0 spiro atoms. The summed E-state index contributed by atoms with van der Waals surface area (Å²) < 4.78 is 0. The summed E-state index contributed by atoms with van der Waals surface area (Å²) in [6.45, 7) is 0.553. The lowest BCUT2D eigenvalue weighted by Gasteiger charge is -1.94. The number of fused-ring (bicyclic) bond motifs is 1. The smallest absolute Gasteiger partial charge is 0.134 e. The van der Waals surface area contributed by atoms with Crippen LogP contribution in [0.1, 0.15) is 5.82 Å². The third-order valence-corrected chi connectivity index (χ3v) is 3.21. The molecule has 92 valence electrons. The molecule has 2 heterocycles. The van der Waals surface area contributed by atoms with Gasteiger partial charge < -0.3 is 15.7 Å². The lowest BCUT2D eigenvalue weighted by Crippen LogP contribution is -2.03. The average molecular weight is 261 g/mol. The van der Waals surface area contributed by atoms with E-state index in [1.54, 1.807) is 0 Å². The highest BCUT2D eigenvalue weighted by Gasteiger charge is 2.13. The van der Waals surface area contributed by atoms with Crippen LogP contribution in [-0.2, 0) is 6.42 Å². The molecule has 5 heteroatoms. The molecule has 3 aromatic rings. The van der Waals surface area contributed by atoms with Crippen LogP contribution in [0.5, 0.6) is 0 Å². The van der Waals surface area contributed by atoms with Gasteiger partial charge in [-0.2, -0.15) is 0 Å². The van der Waals surface area contributed by atoms with Crippen molar-refractivity contribution in [2.45, 2.75) is 6.42 Å². The molecule has 0 saturated carbocycles. The molecule has 4 nitrogen and oxygen atoms in total. The van der Waals surface area contributed by atoms with Gasteiger partial charge in [0.15, 0.2) is 0 Å². The van der Waals surface area contributed by atoms with Gasteiger partial charge in [0, 0.05) is 29.1 Å². The van der Waals surface area contributed by atoms with Crippen LogP contribution in [0, 0.1) is 0 Å². The second-order valence-electron chi connectivity index (χ2n) is 4.13. The molecular weight excluding hydrogens is 248 g/mol. The van der Waals surface area contributed by atoms with Crippen LogP contribution in [0.25, 0.3) is 22.2 Å². The lowest BCUT2D eigenvalue weighted by atomic mass is 10.1. The number of aromatic nitrogens is 3. The number of nitrogens with zero attached hydrogens (tertiary/aromatic N) is 1. The van der Waals surface area contributed by atoms with E-state index >= 15 is 0 Å². The largest absolute Gasteiger partial charge is 0.360 e. The van der Waals surface area contributed by atoms with Gasteiger partial charge in [-0.05, 0) is 12.6 Å². The highest BCUT2D eigenvalue weighted by Crippen LogP contribution is 2.31. The number of hydrogen-bond donors (Lipinski definition) is 3. The van der Waals surface area contributed by atoms with Crippen LogP contribution in [0.4, 0.5) is 0 Å². The van der Waals surface area contributed by atoms with Gasteiger partial charge in [0.2, 0.25) is 0 Å². The molecule has 0 atom stereocenters. The third kappa shape index (κ3) is 1.79. The van der Waals surface area contributed by atoms with E-state index in [1.165, 1.54) is 0 Å². The molecule has 3 rings (SSSR count). The Bertz CT molecular complexity index is 683. The van der Waals surface area contributed by atoms with E-state index in [4.69, 9.17) is 17.3 Å². The molecule has 0 radical (unpaired) electrons. The molecule has 18 heavy (non-hydrogen) atoms. The van der Waals surface area contributed by atoms with Crippen molar-refractivity contribution < 1.29 is 0 Å². The Morgan fingerprint density at radius 3 is 2.94 bits per heavy atom. The van der Waals surface area contributed by atoms with E-state index in [1.807, 2.05) is 24.4 Å². The Kier molecular flexibility index (Phi) is 2.81. The number of para-hydroxylation sites is 1. The fourth-order valence-electron chi connectivity index (χ4n) is 2.10. The van der Waals surface area contributed by atoms with E-state index in [2.05, 4.69) is 21.0 Å². The molecule has 4 N–H and O–H groups in total. The van der Waals surface area contributed by atoms with Crippen molar-refractivity contribution in [1.82, 2.24) is 15.0 Å². The standard InChI is InChI=1S/C13H13ClN4/c14-13-12(17-11(18-13)5-6-15)9-7-16-10-4-2-1-3-8(9)10/h1-4,7,16H,5-6,15H2,(H,17,18). The van der Waals surface area contributed by atoms with E-state index in [-0.39, 0.29) is 0 Å². The first kappa shape index (κ1) is 11.3. The topological polar surface area (TPSA) is 70.5 Å². The second-order valence-corrected chi connectivity index (χ2v) is 4.51. The predicted octanol–water partition coefficient (Wildman–Crippen LogP) is 2.71. The quantitative estimate of drug-likeness (QED) is 0.678. The number of nitrogens with two attached hydrogens (primary N) is 1. The van der Waals surface area contributed by atoms with Crippen molar-refractivity contribution in [3.05, 3.63) is 41.4 Å². The minimum Gasteiger partial charge on any atom is -0.360 e. The summed E-state index contributed by atoms with van der Waals surface area (Å²) in [5, 5.41) is 1.67. The molecule has 2 aromatic heterocycles. The Hall–Kier alpha value is -1.78. The summed E-state index contributed by atoms with van der Waals surface area (Å²) in [7, 11) is 0. The highest BCUT2D eigenvalue weighted by atomic mass is 35.5. The first-order valence-electron chi connectivity index (χ1n) is 5.80. The zero-order chi connectivity index (χ0) is 12.5. The van der Waals surface area contributed by atoms with Crippen LogP contribution >= 0.6 is 11.6 Å². The number of H-pyrrole nitrogens is 2. The summed E-state index contributed by atoms with van der Waals surface area (Å²) in [5.41, 5.74) is 8.38. The predicted molar refractivity (Wildman–Crippen MR) is 73.6 cm³/mol. The molecule has 0 fully saturated rings. The number of aromatic amines is 2. The first-order chi connectivity index (χ1) is 8.79. The maximum Gasteiger partial charge on any atom is 0.134 e. The van der Waals surface area contributed by atoms with Crippen molar-refractivity contribution in [2.75, 3.05) is 6.54 Å². The van der Waals surface area contributed by atoms with Crippen LogP contribution in [0.3, 0.4) is 0 Å². The van der Waals surface area contributed by atoms with Gasteiger partial charge in [0.1, 0.15) is 16.7 Å². The Labute approximate surface area is 109 Å². The second kappa shape index (κ2) is 4.48. The van der Waals surface area contributed by atoms with Gasteiger partial charge in [-0.15, -0.1) is 0 Å². The number of halogens is 1. The summed E-state index contributed by atoms with van der Waals surface area (Å²) in [5.74, 6) is 0.822. The van der Waals surface area contributed by atoms with E-state index < -0.39 is 0 Å². The molecule has 0 aliphatic heterocycles. The minimum atomic E-state index is 0.553. The molecule has 0 aliphatic carbocycles. The number of benzene rings is 1. The number of imidazole rings is 1. The van der Waals surface area contributed by atoms with Crippen LogP contribution in [0.15, 0.2) is 30.5 Å². The maximum absolute atomic E-state index is 6.20. The van der Waals surface area contributed by atoms with E-state index in [0.29, 0.717) is 18.1 Å². The summed E-state index contributed by atoms with van der Waals surface area (Å²) in [6, 6.07) is 8.07. The zero-order valence-corrected chi connectivity index (χ0v) is 10.5. The van der Waals surface area contributed by atoms with Gasteiger partial charge in [-0.3, -0.25) is 0 Å². The third-order valence-electron chi connectivity index (χ3n) is 2.93. The van der Waals surface area contributed by atoms with Crippen molar-refractivity contribution >= 4 is 22.5 Å². The molecular formula is C13H13ClN4. The number of hydrogen-bond acceptors (Lipinski definition) is 2. The molecule has 0 amide bonds. The van der Waals surface area contributed by atoms with Crippen molar-refractivity contribution in [3.63, 3.8) is 0 Å². The van der Waals surface area contributed by atoms with Gasteiger partial charge in [0.25, 0.3) is 0 Å². The maximum atomic E-state index is 6.20. The number of rotatable bonds is 3. The normalized spacial score (nSPS) is 11.2. The van der Waals surface area contributed by atoms with Crippen molar-refractivity contribution in [3.8, 4) is 11.3 Å². The first-order valence-corrected chi connectivity index (χ1v) is 6.18. The highest BCUT2D eigenvalue weighted by molar-refractivity contribution is 6.32. The molecule has 0 aliphatic rings. The monoisotopic (exact) mass is 260 g/mol. The average Bonchev–Trinajstić information content (AvgIpc) is 2.93. The van der Waals surface area contributed by atoms with Crippen LogP contribution in [-0.4, -0.2) is 21.5 Å². The van der Waals surface area contributed by atoms with E-state index in [0.717, 1.165) is 28.0 Å². The molecule has 0 saturated heterocycles. The number of nitrogens with one attached hydrogen (secondary N) is 2. The van der Waals surface area contributed by atoms with Gasteiger partial charge in [0.05, 0.1) is 0 Å². The van der Waals surface area contributed by atoms with E-state index in [9.17, 15) is 0 Å². The molecule has 0 bridgehead atoms. The summed E-state index contributed by atoms with van der Waals surface area (Å²) in [6.07, 6.45) is 2.63. The summed E-state index contributed by atoms with van der Waals surface area (Å²) >= 11 is 6.20. The Balaban J connectivity index is 2.14. The fourth-order valence-corrected chi connectivity index (χ4v) is 2.35. The zero-order valence-electron chi connectivity index (χ0n) is 9.70. The van der Waals surface area contributed by atoms with Crippen molar-refractivity contribution in [1.29, 1.82) is 0 Å². The Morgan fingerprint density at radius 2 is 2.11 bits per heavy atom. The van der Waals surface area contributed by atoms with Crippen LogP contribution < -0.4 is 5.73 Å². The Morgan fingerprint density at radius 1 is 1.28 bits per heavy atom. The van der Waals surface area contributed by atoms with Gasteiger partial charge in [-0.1, -0.05) is 29.8 Å². The molecule has 0 unspecified atom stereocenters. The van der Waals surface area contributed by atoms with Crippen LogP contribution in [0.2, 0.25) is 5.15 Å². The molecule has 1 aromatic carbocycles. The van der Waals surface area contributed by atoms with Crippen molar-refractivity contribution in [2.24, 2.45) is 5.73 Å².